The third kappa shape index (κ3) is 3.96. The van der Waals surface area contributed by atoms with Gasteiger partial charge in [0.25, 0.3) is 0 Å². The maximum absolute atomic E-state index is 13.2. The van der Waals surface area contributed by atoms with Gasteiger partial charge in [0.15, 0.2) is 0 Å². The first kappa shape index (κ1) is 19.0. The molecule has 0 aromatic heterocycles. The summed E-state index contributed by atoms with van der Waals surface area (Å²) in [6.07, 6.45) is -3.44. The number of nitrogens with zero attached hydrogens (tertiary/aromatic N) is 1. The van der Waals surface area contributed by atoms with Crippen LogP contribution in [-0.2, 0) is 10.0 Å². The zero-order valence-electron chi connectivity index (χ0n) is 13.0. The number of allylic oxidation sites excluding steroid dienone is 1. The van der Waals surface area contributed by atoms with Crippen molar-refractivity contribution in [2.45, 2.75) is 17.1 Å². The van der Waals surface area contributed by atoms with E-state index in [0.29, 0.717) is 11.3 Å². The van der Waals surface area contributed by atoms with E-state index in [-0.39, 0.29) is 4.90 Å². The summed E-state index contributed by atoms with van der Waals surface area (Å²) in [7, 11) is -3.88. The molecule has 0 aliphatic carbocycles. The van der Waals surface area contributed by atoms with Crippen molar-refractivity contribution in [2.75, 3.05) is 5.01 Å². The molecular weight excluding hydrogens is 482 g/mol. The summed E-state index contributed by atoms with van der Waals surface area (Å²) in [5.41, 5.74) is 2.51. The number of rotatable bonds is 3. The number of primary sulfonamides is 1. The number of nitrogens with two attached hydrogens (primary N) is 1. The van der Waals surface area contributed by atoms with Gasteiger partial charge in [-0.25, -0.2) is 13.6 Å². The van der Waals surface area contributed by atoms with Gasteiger partial charge in [0.1, 0.15) is 5.70 Å². The van der Waals surface area contributed by atoms with Crippen LogP contribution in [0.1, 0.15) is 11.6 Å². The van der Waals surface area contributed by atoms with E-state index in [2.05, 4.69) is 28.0 Å². The Morgan fingerprint density at radius 3 is 2.12 bits per heavy atom. The first-order valence-corrected chi connectivity index (χ1v) is 9.91. The van der Waals surface area contributed by atoms with Crippen molar-refractivity contribution in [3.05, 3.63) is 69.4 Å². The smallest absolute Gasteiger partial charge is 0.293 e. The highest BCUT2D eigenvalue weighted by molar-refractivity contribution is 14.1. The molecule has 5 nitrogen and oxygen atoms in total. The molecule has 3 N–H and O–H groups in total. The molecule has 0 radical (unpaired) electrons. The molecule has 1 aliphatic rings. The summed E-state index contributed by atoms with van der Waals surface area (Å²) in [5.74, 6) is 0. The normalized spacial score (nSPS) is 17.8. The lowest BCUT2D eigenvalue weighted by Crippen LogP contribution is -2.37. The van der Waals surface area contributed by atoms with Crippen molar-refractivity contribution in [3.8, 4) is 0 Å². The Bertz CT molecular complexity index is 942. The zero-order chi connectivity index (χ0) is 19.1. The molecule has 1 atom stereocenters. The summed E-state index contributed by atoms with van der Waals surface area (Å²) in [5, 5.41) is 6.39. The Kier molecular flexibility index (Phi) is 4.92. The van der Waals surface area contributed by atoms with E-state index >= 15 is 0 Å². The zero-order valence-corrected chi connectivity index (χ0v) is 16.0. The minimum absolute atomic E-state index is 0.115. The maximum atomic E-state index is 13.2. The van der Waals surface area contributed by atoms with Gasteiger partial charge in [0.05, 0.1) is 16.6 Å². The molecule has 3 rings (SSSR count). The molecule has 1 unspecified atom stereocenters. The lowest BCUT2D eigenvalue weighted by atomic mass is 10.1. The number of anilines is 1. The molecule has 1 aliphatic heterocycles. The van der Waals surface area contributed by atoms with Crippen molar-refractivity contribution in [2.24, 2.45) is 5.14 Å². The van der Waals surface area contributed by atoms with E-state index < -0.39 is 27.9 Å². The van der Waals surface area contributed by atoms with E-state index in [0.717, 1.165) is 9.65 Å². The fourth-order valence-electron chi connectivity index (χ4n) is 2.55. The highest BCUT2D eigenvalue weighted by atomic mass is 127. The fraction of sp³-hybridized carbons (Fsp3) is 0.125. The van der Waals surface area contributed by atoms with Gasteiger partial charge in [-0.3, -0.25) is 10.4 Å². The summed E-state index contributed by atoms with van der Waals surface area (Å²) >= 11 is 2.11. The maximum Gasteiger partial charge on any atom is 0.432 e. The Labute approximate surface area is 161 Å². The molecule has 2 aromatic carbocycles. The first-order chi connectivity index (χ1) is 12.1. The molecule has 0 fully saturated rings. The average molecular weight is 495 g/mol. The number of hydrogen-bond donors (Lipinski definition) is 2. The van der Waals surface area contributed by atoms with Gasteiger partial charge in [-0.05, 0) is 70.6 Å². The van der Waals surface area contributed by atoms with Gasteiger partial charge >= 0.3 is 6.18 Å². The van der Waals surface area contributed by atoms with E-state index in [4.69, 9.17) is 5.14 Å². The summed E-state index contributed by atoms with van der Waals surface area (Å²) < 4.78 is 63.2. The monoisotopic (exact) mass is 495 g/mol. The summed E-state index contributed by atoms with van der Waals surface area (Å²) in [4.78, 5) is -0.115. The van der Waals surface area contributed by atoms with Gasteiger partial charge in [-0.15, -0.1) is 0 Å². The standard InChI is InChI=1S/C16H13F3IN3O2S/c17-16(18,19)15-9-14(10-1-3-11(20)4-2-10)23(22-15)12-5-7-13(8-6-12)26(21,24)25/h1-9,14,22H,(H2,21,24,25). The first-order valence-electron chi connectivity index (χ1n) is 7.29. The molecule has 0 saturated heterocycles. The van der Waals surface area contributed by atoms with E-state index in [1.807, 2.05) is 0 Å². The predicted molar refractivity (Wildman–Crippen MR) is 99.5 cm³/mol. The SMILES string of the molecule is NS(=O)(=O)c1ccc(N2NC(C(F)(F)F)=CC2c2ccc(I)cc2)cc1. The number of nitrogens with one attached hydrogen (secondary N) is 1. The number of benzene rings is 2. The van der Waals surface area contributed by atoms with Crippen LogP contribution in [0.2, 0.25) is 0 Å². The van der Waals surface area contributed by atoms with Crippen LogP contribution < -0.4 is 15.6 Å². The minimum atomic E-state index is -4.53. The van der Waals surface area contributed by atoms with Crippen LogP contribution in [-0.4, -0.2) is 14.6 Å². The topological polar surface area (TPSA) is 75.4 Å². The molecule has 138 valence electrons. The molecule has 0 spiro atoms. The quantitative estimate of drug-likeness (QED) is 0.640. The summed E-state index contributed by atoms with van der Waals surface area (Å²) in [6, 6.07) is 11.7. The van der Waals surface area contributed by atoms with Gasteiger partial charge < -0.3 is 0 Å². The highest BCUT2D eigenvalue weighted by Gasteiger charge is 2.41. The van der Waals surface area contributed by atoms with Crippen LogP contribution in [0.5, 0.6) is 0 Å². The number of hydrogen-bond acceptors (Lipinski definition) is 4. The van der Waals surface area contributed by atoms with Crippen LogP contribution in [0.15, 0.2) is 65.2 Å². The van der Waals surface area contributed by atoms with Gasteiger partial charge in [-0.2, -0.15) is 13.2 Å². The molecular formula is C16H13F3IN3O2S. The molecule has 0 amide bonds. The fourth-order valence-corrected chi connectivity index (χ4v) is 3.43. The van der Waals surface area contributed by atoms with Crippen LogP contribution in [0.25, 0.3) is 0 Å². The largest absolute Gasteiger partial charge is 0.432 e. The number of alkyl halides is 3. The van der Waals surface area contributed by atoms with E-state index in [1.54, 1.807) is 24.3 Å². The third-order valence-corrected chi connectivity index (χ3v) is 5.45. The van der Waals surface area contributed by atoms with Crippen LogP contribution in [0, 0.1) is 3.57 Å². The summed E-state index contributed by atoms with van der Waals surface area (Å²) in [6.45, 7) is 0. The number of halogens is 4. The number of hydrazine groups is 1. The van der Waals surface area contributed by atoms with Gasteiger partial charge in [-0.1, -0.05) is 12.1 Å². The second kappa shape index (κ2) is 6.74. The van der Waals surface area contributed by atoms with Crippen molar-refractivity contribution in [3.63, 3.8) is 0 Å². The van der Waals surface area contributed by atoms with Crippen molar-refractivity contribution < 1.29 is 21.6 Å². The number of sulfonamides is 1. The van der Waals surface area contributed by atoms with Crippen LogP contribution in [0.3, 0.4) is 0 Å². The van der Waals surface area contributed by atoms with Gasteiger partial charge in [0.2, 0.25) is 10.0 Å². The van der Waals surface area contributed by atoms with Crippen LogP contribution >= 0.6 is 22.6 Å². The van der Waals surface area contributed by atoms with Crippen molar-refractivity contribution >= 4 is 38.3 Å². The molecule has 2 aromatic rings. The Morgan fingerprint density at radius 2 is 1.62 bits per heavy atom. The molecule has 0 bridgehead atoms. The Balaban J connectivity index is 2.00. The van der Waals surface area contributed by atoms with Crippen molar-refractivity contribution in [1.29, 1.82) is 0 Å². The molecule has 1 heterocycles. The molecule has 0 saturated carbocycles. The van der Waals surface area contributed by atoms with Crippen molar-refractivity contribution in [1.82, 2.24) is 5.43 Å². The Morgan fingerprint density at radius 1 is 1.04 bits per heavy atom. The lowest BCUT2D eigenvalue weighted by molar-refractivity contribution is -0.0958. The Hall–Kier alpha value is -1.79. The average Bonchev–Trinajstić information content (AvgIpc) is 3.00. The minimum Gasteiger partial charge on any atom is -0.293 e. The second-order valence-corrected chi connectivity index (χ2v) is 8.40. The van der Waals surface area contributed by atoms with Gasteiger partial charge in [0, 0.05) is 3.57 Å². The highest BCUT2D eigenvalue weighted by Crippen LogP contribution is 2.37. The van der Waals surface area contributed by atoms with E-state index in [1.165, 1.54) is 29.3 Å². The molecule has 10 heteroatoms. The van der Waals surface area contributed by atoms with Crippen LogP contribution in [0.4, 0.5) is 18.9 Å². The van der Waals surface area contributed by atoms with E-state index in [9.17, 15) is 21.6 Å². The predicted octanol–water partition coefficient (Wildman–Crippen LogP) is 3.45. The molecule has 26 heavy (non-hydrogen) atoms. The lowest BCUT2D eigenvalue weighted by Gasteiger charge is -2.28. The second-order valence-electron chi connectivity index (χ2n) is 5.60. The third-order valence-electron chi connectivity index (χ3n) is 3.80.